The van der Waals surface area contributed by atoms with E-state index in [1.54, 1.807) is 0 Å². The molecule has 0 aromatic carbocycles. The summed E-state index contributed by atoms with van der Waals surface area (Å²) < 4.78 is 171. The fraction of sp³-hybridized carbons (Fsp3) is 0.909. The van der Waals surface area contributed by atoms with E-state index in [9.17, 15) is 61.5 Å². The van der Waals surface area contributed by atoms with Gasteiger partial charge in [-0.2, -0.15) is 56.7 Å². The third kappa shape index (κ3) is 4.77. The van der Waals surface area contributed by atoms with Gasteiger partial charge in [0.25, 0.3) is 16.0 Å². The van der Waals surface area contributed by atoms with Crippen molar-refractivity contribution in [2.24, 2.45) is 0 Å². The van der Waals surface area contributed by atoms with E-state index in [0.717, 1.165) is 6.92 Å². The minimum atomic E-state index is -7.72. The average Bonchev–Trinajstić information content (AvgIpc) is 2.48. The summed E-state index contributed by atoms with van der Waals surface area (Å²) in [6.45, 7) is -1.30. The molecule has 0 aromatic rings. The Bertz CT molecular complexity index is 675. The number of alkyl halides is 11. The predicted molar refractivity (Wildman–Crippen MR) is 69.1 cm³/mol. The molecule has 0 bridgehead atoms. The Morgan fingerprint density at radius 3 is 1.61 bits per heavy atom. The van der Waals surface area contributed by atoms with E-state index in [1.165, 1.54) is 0 Å². The topological polar surface area (TPSA) is 74.7 Å². The van der Waals surface area contributed by atoms with Gasteiger partial charge in [-0.1, -0.05) is 0 Å². The minimum absolute atomic E-state index is 0.374. The zero-order chi connectivity index (χ0) is 23.0. The molecule has 0 aliphatic carbocycles. The number of carbonyl (C=O) groups is 1. The van der Waals surface area contributed by atoms with E-state index in [4.69, 9.17) is 4.55 Å². The Labute approximate surface area is 150 Å². The Morgan fingerprint density at radius 1 is 0.857 bits per heavy atom. The van der Waals surface area contributed by atoms with Crippen LogP contribution in [0.1, 0.15) is 13.3 Å². The van der Waals surface area contributed by atoms with Crippen LogP contribution in [0, 0.1) is 0 Å². The number of hydrogen-bond acceptors (Lipinski definition) is 3. The summed E-state index contributed by atoms with van der Waals surface area (Å²) in [5.41, 5.74) is 0. The molecule has 1 amide bonds. The van der Waals surface area contributed by atoms with E-state index in [0.29, 0.717) is 0 Å². The first-order chi connectivity index (χ1) is 12.1. The van der Waals surface area contributed by atoms with Crippen molar-refractivity contribution < 1.29 is 66.1 Å². The van der Waals surface area contributed by atoms with Crippen LogP contribution in [0.15, 0.2) is 0 Å². The highest BCUT2D eigenvalue weighted by Crippen LogP contribution is 2.57. The second-order valence-electron chi connectivity index (χ2n) is 5.32. The molecule has 17 heteroatoms. The Hall–Kier alpha value is -1.39. The van der Waals surface area contributed by atoms with Gasteiger partial charge < -0.3 is 4.90 Å². The lowest BCUT2D eigenvalue weighted by Gasteiger charge is -2.38. The van der Waals surface area contributed by atoms with Gasteiger partial charge in [0.05, 0.1) is 5.75 Å². The molecule has 0 atom stereocenters. The molecule has 0 aliphatic heterocycles. The molecule has 1 N–H and O–H groups in total. The minimum Gasteiger partial charge on any atom is -0.338 e. The molecule has 5 nitrogen and oxygen atoms in total. The molecule has 0 fully saturated rings. The fourth-order valence-corrected chi connectivity index (χ4v) is 2.24. The van der Waals surface area contributed by atoms with Crippen LogP contribution in [-0.4, -0.2) is 72.5 Å². The SMILES string of the molecule is CCN(CCCS(=O)(=O)O)C(=O)C(F)(F)C(F)(F)C(F)(F)C(F)(F)C(F)(F)F. The van der Waals surface area contributed by atoms with Crippen molar-refractivity contribution in [1.82, 2.24) is 4.90 Å². The summed E-state index contributed by atoms with van der Waals surface area (Å²) in [6.07, 6.45) is -8.21. The monoisotopic (exact) mass is 463 g/mol. The average molecular weight is 463 g/mol. The van der Waals surface area contributed by atoms with E-state index in [2.05, 4.69) is 0 Å². The fourth-order valence-electron chi connectivity index (χ4n) is 1.75. The van der Waals surface area contributed by atoms with Crippen LogP contribution in [0.25, 0.3) is 0 Å². The lowest BCUT2D eigenvalue weighted by Crippen LogP contribution is -2.69. The van der Waals surface area contributed by atoms with Gasteiger partial charge in [-0.15, -0.1) is 0 Å². The number of hydrogen-bond donors (Lipinski definition) is 1. The normalized spacial score (nSPS) is 14.9. The van der Waals surface area contributed by atoms with Gasteiger partial charge in [-0.3, -0.25) is 9.35 Å². The molecule has 0 heterocycles. The molecule has 0 spiro atoms. The first-order valence-electron chi connectivity index (χ1n) is 6.90. The number of carbonyl (C=O) groups excluding carboxylic acids is 1. The van der Waals surface area contributed by atoms with Crippen LogP contribution in [0.3, 0.4) is 0 Å². The van der Waals surface area contributed by atoms with E-state index >= 15 is 0 Å². The predicted octanol–water partition coefficient (Wildman–Crippen LogP) is 3.22. The summed E-state index contributed by atoms with van der Waals surface area (Å²) in [5.74, 6) is -34.0. The number of nitrogens with zero attached hydrogens (tertiary/aromatic N) is 1. The second kappa shape index (κ2) is 7.79. The maximum absolute atomic E-state index is 13.6. The molecule has 0 saturated heterocycles. The smallest absolute Gasteiger partial charge is 0.338 e. The standard InChI is InChI=1S/C11H12F11NO4S/c1-2-23(4-3-5-28(25,26)27)6(24)7(12,13)8(14,15)9(16,17)10(18,19)11(20,21)22/h2-5H2,1H3,(H,25,26,27). The van der Waals surface area contributed by atoms with E-state index in [-0.39, 0.29) is 4.90 Å². The highest BCUT2D eigenvalue weighted by atomic mass is 32.2. The zero-order valence-corrected chi connectivity index (χ0v) is 14.3. The van der Waals surface area contributed by atoms with Crippen molar-refractivity contribution in [1.29, 1.82) is 0 Å². The Morgan fingerprint density at radius 2 is 1.29 bits per heavy atom. The molecule has 0 saturated carbocycles. The van der Waals surface area contributed by atoms with Crippen LogP contribution in [0.5, 0.6) is 0 Å². The van der Waals surface area contributed by atoms with E-state index < -0.39 is 71.2 Å². The van der Waals surface area contributed by atoms with Crippen LogP contribution >= 0.6 is 0 Å². The van der Waals surface area contributed by atoms with Gasteiger partial charge >= 0.3 is 29.9 Å². The first kappa shape index (κ1) is 26.6. The van der Waals surface area contributed by atoms with Gasteiger partial charge in [0.15, 0.2) is 0 Å². The number of rotatable bonds is 9. The molecular weight excluding hydrogens is 451 g/mol. The molecule has 0 radical (unpaired) electrons. The summed E-state index contributed by atoms with van der Waals surface area (Å²) >= 11 is 0. The van der Waals surface area contributed by atoms with Gasteiger partial charge in [0, 0.05) is 13.1 Å². The molecule has 0 aromatic heterocycles. The third-order valence-corrected chi connectivity index (χ3v) is 4.11. The van der Waals surface area contributed by atoms with Crippen LogP contribution in [0.2, 0.25) is 0 Å². The van der Waals surface area contributed by atoms with E-state index in [1.807, 2.05) is 0 Å². The molecule has 0 aliphatic rings. The number of halogens is 11. The number of amides is 1. The molecule has 0 unspecified atom stereocenters. The van der Waals surface area contributed by atoms with Crippen molar-refractivity contribution >= 4 is 16.0 Å². The van der Waals surface area contributed by atoms with Crippen molar-refractivity contribution in [3.63, 3.8) is 0 Å². The lowest BCUT2D eigenvalue weighted by molar-refractivity contribution is -0.417. The van der Waals surface area contributed by atoms with Crippen LogP contribution in [0.4, 0.5) is 48.3 Å². The molecule has 168 valence electrons. The third-order valence-electron chi connectivity index (χ3n) is 3.31. The zero-order valence-electron chi connectivity index (χ0n) is 13.5. The highest BCUT2D eigenvalue weighted by Gasteiger charge is 2.88. The van der Waals surface area contributed by atoms with Crippen molar-refractivity contribution in [3.05, 3.63) is 0 Å². The van der Waals surface area contributed by atoms with Gasteiger partial charge in [-0.25, -0.2) is 0 Å². The van der Waals surface area contributed by atoms with Gasteiger partial charge in [0.1, 0.15) is 0 Å². The van der Waals surface area contributed by atoms with Crippen molar-refractivity contribution in [2.75, 3.05) is 18.8 Å². The lowest BCUT2D eigenvalue weighted by atomic mass is 9.97. The maximum atomic E-state index is 13.6. The molecule has 0 rings (SSSR count). The summed E-state index contributed by atoms with van der Waals surface area (Å²) in [5, 5.41) is 0. The largest absolute Gasteiger partial charge is 0.460 e. The highest BCUT2D eigenvalue weighted by molar-refractivity contribution is 7.85. The quantitative estimate of drug-likeness (QED) is 0.421. The Kier molecular flexibility index (Phi) is 7.41. The first-order valence-corrected chi connectivity index (χ1v) is 8.51. The van der Waals surface area contributed by atoms with Gasteiger partial charge in [-0.05, 0) is 13.3 Å². The summed E-state index contributed by atoms with van der Waals surface area (Å²) in [4.78, 5) is 11.1. The van der Waals surface area contributed by atoms with Gasteiger partial charge in [0.2, 0.25) is 0 Å². The summed E-state index contributed by atoms with van der Waals surface area (Å²) in [7, 11) is -4.69. The summed E-state index contributed by atoms with van der Waals surface area (Å²) in [6, 6.07) is 0. The van der Waals surface area contributed by atoms with Crippen LogP contribution in [-0.2, 0) is 14.9 Å². The van der Waals surface area contributed by atoms with Crippen LogP contribution < -0.4 is 0 Å². The maximum Gasteiger partial charge on any atom is 0.460 e. The Balaban J connectivity index is 5.88. The van der Waals surface area contributed by atoms with Crippen molar-refractivity contribution in [2.45, 2.75) is 43.2 Å². The van der Waals surface area contributed by atoms with Crippen molar-refractivity contribution in [3.8, 4) is 0 Å². The molecule has 28 heavy (non-hydrogen) atoms. The molecular formula is C11H12F11NO4S. The second-order valence-corrected chi connectivity index (χ2v) is 6.89.